The normalized spacial score (nSPS) is 10.1. The fraction of sp³-hybridized carbons (Fsp3) is 0.333. The monoisotopic (exact) mass is 345 g/mol. The molecular weight excluding hydrogens is 332 g/mol. The van der Waals surface area contributed by atoms with Crippen molar-refractivity contribution in [2.24, 2.45) is 7.05 Å². The predicted octanol–water partition coefficient (Wildman–Crippen LogP) is -1.15. The minimum atomic E-state index is -0.260. The molecule has 0 atom stereocenters. The maximum Gasteiger partial charge on any atom is 0.316 e. The van der Waals surface area contributed by atoms with Crippen molar-refractivity contribution in [1.82, 2.24) is 9.55 Å². The summed E-state index contributed by atoms with van der Waals surface area (Å²) in [5.41, 5.74) is 1.85. The maximum absolute atomic E-state index is 11.1. The highest BCUT2D eigenvalue weighted by Crippen LogP contribution is 2.25. The van der Waals surface area contributed by atoms with Crippen LogP contribution in [-0.2, 0) is 16.6 Å². The smallest absolute Gasteiger partial charge is 0.316 e. The van der Waals surface area contributed by atoms with Gasteiger partial charge in [-0.1, -0.05) is 11.8 Å². The van der Waals surface area contributed by atoms with Crippen molar-refractivity contribution in [3.05, 3.63) is 18.2 Å². The van der Waals surface area contributed by atoms with Crippen LogP contribution in [0.15, 0.2) is 23.4 Å². The molecule has 5 nitrogen and oxygen atoms in total. The molecule has 1 heterocycles. The number of carbonyl (C=O) groups excluding carboxylic acids is 1. The Labute approximate surface area is 126 Å². The Morgan fingerprint density at radius 2 is 2.16 bits per heavy atom. The number of fused-ring (bicyclic) bond motifs is 1. The summed E-state index contributed by atoms with van der Waals surface area (Å²) in [6.07, 6.45) is 0. The molecular formula is C12H14BrN2O3S-. The number of aromatic nitrogens is 2. The Hall–Kier alpha value is -1.21. The largest absolute Gasteiger partial charge is 1.00 e. The van der Waals surface area contributed by atoms with E-state index in [1.807, 2.05) is 29.8 Å². The van der Waals surface area contributed by atoms with Gasteiger partial charge in [-0.15, -0.1) is 0 Å². The standard InChI is InChI=1S/C12H14N2O3S.BrH/c1-14-10-5-4-8(16-2)6-9(10)13-12(14)18-7-11(15)17-3;/h4-6H,7H2,1-3H3;1H/p-1. The molecule has 0 saturated heterocycles. The quantitative estimate of drug-likeness (QED) is 0.517. The molecule has 0 saturated carbocycles. The minimum Gasteiger partial charge on any atom is -1.00 e. The van der Waals surface area contributed by atoms with Crippen LogP contribution in [-0.4, -0.2) is 35.5 Å². The molecule has 0 aliphatic rings. The molecule has 0 aliphatic carbocycles. The van der Waals surface area contributed by atoms with Crippen molar-refractivity contribution in [3.63, 3.8) is 0 Å². The van der Waals surface area contributed by atoms with Gasteiger partial charge in [-0.25, -0.2) is 4.98 Å². The Kier molecular flexibility index (Phi) is 5.68. The highest BCUT2D eigenvalue weighted by atomic mass is 79.9. The summed E-state index contributed by atoms with van der Waals surface area (Å²) < 4.78 is 11.7. The molecule has 2 rings (SSSR count). The van der Waals surface area contributed by atoms with E-state index in [0.717, 1.165) is 21.9 Å². The van der Waals surface area contributed by atoms with Crippen molar-refractivity contribution in [1.29, 1.82) is 0 Å². The molecule has 0 N–H and O–H groups in total. The van der Waals surface area contributed by atoms with Gasteiger partial charge in [-0.3, -0.25) is 4.79 Å². The van der Waals surface area contributed by atoms with E-state index in [9.17, 15) is 4.79 Å². The number of methoxy groups -OCH3 is 2. The summed E-state index contributed by atoms with van der Waals surface area (Å²) in [7, 11) is 4.92. The Bertz CT molecular complexity index is 586. The fourth-order valence-electron chi connectivity index (χ4n) is 1.60. The number of hydrogen-bond donors (Lipinski definition) is 0. The first-order valence-electron chi connectivity index (χ1n) is 5.35. The second-order valence-electron chi connectivity index (χ2n) is 3.67. The van der Waals surface area contributed by atoms with Crippen molar-refractivity contribution in [2.45, 2.75) is 5.16 Å². The molecule has 0 aliphatic heterocycles. The Morgan fingerprint density at radius 1 is 1.42 bits per heavy atom. The van der Waals surface area contributed by atoms with Crippen LogP contribution >= 0.6 is 11.8 Å². The van der Waals surface area contributed by atoms with Gasteiger partial charge in [0.05, 0.1) is 31.0 Å². The molecule has 19 heavy (non-hydrogen) atoms. The summed E-state index contributed by atoms with van der Waals surface area (Å²) in [5, 5.41) is 0.781. The molecule has 0 fully saturated rings. The first-order valence-corrected chi connectivity index (χ1v) is 6.34. The van der Waals surface area contributed by atoms with Gasteiger partial charge in [0.2, 0.25) is 0 Å². The lowest BCUT2D eigenvalue weighted by Crippen LogP contribution is -3.00. The van der Waals surface area contributed by atoms with Gasteiger partial charge in [0.25, 0.3) is 0 Å². The van der Waals surface area contributed by atoms with Crippen LogP contribution in [0.2, 0.25) is 0 Å². The fourth-order valence-corrected chi connectivity index (χ4v) is 2.42. The van der Waals surface area contributed by atoms with E-state index in [2.05, 4.69) is 9.72 Å². The lowest BCUT2D eigenvalue weighted by atomic mass is 10.3. The molecule has 1 aromatic carbocycles. The van der Waals surface area contributed by atoms with Crippen LogP contribution in [0.1, 0.15) is 0 Å². The summed E-state index contributed by atoms with van der Waals surface area (Å²) in [6.45, 7) is 0. The lowest BCUT2D eigenvalue weighted by molar-refractivity contribution is -0.137. The number of benzene rings is 1. The maximum atomic E-state index is 11.1. The van der Waals surface area contributed by atoms with Gasteiger partial charge in [0.15, 0.2) is 5.16 Å². The average molecular weight is 346 g/mol. The van der Waals surface area contributed by atoms with E-state index in [-0.39, 0.29) is 28.7 Å². The van der Waals surface area contributed by atoms with Crippen LogP contribution in [0.25, 0.3) is 11.0 Å². The number of rotatable bonds is 4. The van der Waals surface area contributed by atoms with Crippen LogP contribution in [0, 0.1) is 0 Å². The summed E-state index contributed by atoms with van der Waals surface area (Å²) in [4.78, 5) is 15.6. The second-order valence-corrected chi connectivity index (χ2v) is 4.62. The predicted molar refractivity (Wildman–Crippen MR) is 70.0 cm³/mol. The van der Waals surface area contributed by atoms with Crippen molar-refractivity contribution in [3.8, 4) is 5.75 Å². The Morgan fingerprint density at radius 3 is 2.79 bits per heavy atom. The van der Waals surface area contributed by atoms with Gasteiger partial charge in [-0.05, 0) is 12.1 Å². The second kappa shape index (κ2) is 6.81. The van der Waals surface area contributed by atoms with Crippen molar-refractivity contribution < 1.29 is 31.2 Å². The van der Waals surface area contributed by atoms with Gasteiger partial charge in [0, 0.05) is 13.1 Å². The van der Waals surface area contributed by atoms with Gasteiger partial charge in [0.1, 0.15) is 5.75 Å². The number of ether oxygens (including phenoxy) is 2. The van der Waals surface area contributed by atoms with Crippen LogP contribution in [0.3, 0.4) is 0 Å². The summed E-state index contributed by atoms with van der Waals surface area (Å²) >= 11 is 1.36. The molecule has 0 spiro atoms. The summed E-state index contributed by atoms with van der Waals surface area (Å²) in [6, 6.07) is 5.71. The third-order valence-corrected chi connectivity index (χ3v) is 3.60. The zero-order chi connectivity index (χ0) is 13.1. The molecule has 0 radical (unpaired) electrons. The molecule has 0 bridgehead atoms. The molecule has 0 unspecified atom stereocenters. The van der Waals surface area contributed by atoms with Gasteiger partial charge < -0.3 is 31.0 Å². The van der Waals surface area contributed by atoms with E-state index < -0.39 is 0 Å². The van der Waals surface area contributed by atoms with Crippen molar-refractivity contribution in [2.75, 3.05) is 20.0 Å². The van der Waals surface area contributed by atoms with Gasteiger partial charge in [-0.2, -0.15) is 0 Å². The number of nitrogens with zero attached hydrogens (tertiary/aromatic N) is 2. The highest BCUT2D eigenvalue weighted by molar-refractivity contribution is 7.99. The van der Waals surface area contributed by atoms with E-state index in [4.69, 9.17) is 4.74 Å². The Balaban J connectivity index is 0.00000180. The van der Waals surface area contributed by atoms with Gasteiger partial charge >= 0.3 is 5.97 Å². The lowest BCUT2D eigenvalue weighted by Gasteiger charge is -2.01. The zero-order valence-corrected chi connectivity index (χ0v) is 13.2. The first-order chi connectivity index (χ1) is 8.65. The van der Waals surface area contributed by atoms with E-state index >= 15 is 0 Å². The number of halogens is 1. The molecule has 1 aromatic heterocycles. The van der Waals surface area contributed by atoms with E-state index in [1.54, 1.807) is 7.11 Å². The molecule has 0 amide bonds. The third kappa shape index (κ3) is 3.42. The molecule has 7 heteroatoms. The zero-order valence-electron chi connectivity index (χ0n) is 10.8. The number of esters is 1. The number of imidazole rings is 1. The molecule has 2 aromatic rings. The number of hydrogen-bond acceptors (Lipinski definition) is 5. The third-order valence-electron chi connectivity index (χ3n) is 2.59. The highest BCUT2D eigenvalue weighted by Gasteiger charge is 2.11. The molecule has 104 valence electrons. The minimum absolute atomic E-state index is 0. The number of aryl methyl sites for hydroxylation is 1. The van der Waals surface area contributed by atoms with Crippen LogP contribution in [0.4, 0.5) is 0 Å². The number of thioether (sulfide) groups is 1. The SMILES string of the molecule is COC(=O)CSc1nc2cc(OC)ccc2n1C.[Br-]. The van der Waals surface area contributed by atoms with Crippen LogP contribution < -0.4 is 21.7 Å². The number of carbonyl (C=O) groups is 1. The van der Waals surface area contributed by atoms with Crippen molar-refractivity contribution >= 4 is 28.8 Å². The van der Waals surface area contributed by atoms with Crippen LogP contribution in [0.5, 0.6) is 5.75 Å². The topological polar surface area (TPSA) is 53.4 Å². The van der Waals surface area contributed by atoms with E-state index in [0.29, 0.717) is 0 Å². The summed E-state index contributed by atoms with van der Waals surface area (Å²) in [5.74, 6) is 0.764. The average Bonchev–Trinajstić information content (AvgIpc) is 2.72. The first kappa shape index (κ1) is 15.8. The van der Waals surface area contributed by atoms with E-state index in [1.165, 1.54) is 18.9 Å².